The lowest BCUT2D eigenvalue weighted by atomic mass is 9.92. The summed E-state index contributed by atoms with van der Waals surface area (Å²) in [6.45, 7) is 5.69. The maximum absolute atomic E-state index is 12.1. The Morgan fingerprint density at radius 2 is 1.92 bits per heavy atom. The molecule has 0 saturated carbocycles. The minimum atomic E-state index is -0.0628. The fourth-order valence-corrected chi connectivity index (χ4v) is 3.56. The molecule has 1 aromatic heterocycles. The summed E-state index contributed by atoms with van der Waals surface area (Å²) in [5, 5.41) is 7.67. The van der Waals surface area contributed by atoms with Crippen molar-refractivity contribution < 1.29 is 9.59 Å². The summed E-state index contributed by atoms with van der Waals surface area (Å²) in [6.07, 6.45) is 5.32. The predicted octanol–water partition coefficient (Wildman–Crippen LogP) is 3.35. The summed E-state index contributed by atoms with van der Waals surface area (Å²) >= 11 is 0. The van der Waals surface area contributed by atoms with E-state index in [9.17, 15) is 9.59 Å². The largest absolute Gasteiger partial charge is 0.349 e. The number of nitrogens with zero attached hydrogens (tertiary/aromatic N) is 2. The van der Waals surface area contributed by atoms with Crippen LogP contribution in [0.25, 0.3) is 5.69 Å². The number of carbonyl (C=O) groups excluding carboxylic acids is 2. The zero-order valence-corrected chi connectivity index (χ0v) is 15.1. The number of hydrogen-bond acceptors (Lipinski definition) is 3. The van der Waals surface area contributed by atoms with Gasteiger partial charge in [-0.15, -0.1) is 0 Å². The van der Waals surface area contributed by atoms with E-state index in [0.29, 0.717) is 6.42 Å². The quantitative estimate of drug-likeness (QED) is 0.908. The molecule has 0 bridgehead atoms. The van der Waals surface area contributed by atoms with Crippen LogP contribution in [0.2, 0.25) is 0 Å². The maximum atomic E-state index is 12.1. The molecule has 0 unspecified atom stereocenters. The van der Waals surface area contributed by atoms with Crippen molar-refractivity contribution in [3.05, 3.63) is 46.8 Å². The fraction of sp³-hybridized carbons (Fsp3) is 0.450. The normalized spacial score (nSPS) is 16.4. The minimum absolute atomic E-state index is 0.0112. The standard InChI is InChI=1S/C20H25N3O2/c1-13-9-14(2)11-16(10-13)23-19-6-4-5-18(17(19)12-21-23)22-20(25)8-7-15(3)24/h9-12,18H,4-8H2,1-3H3,(H,22,25)/t18-/m0/s1. The summed E-state index contributed by atoms with van der Waals surface area (Å²) in [5.41, 5.74) is 5.77. The topological polar surface area (TPSA) is 64.0 Å². The van der Waals surface area contributed by atoms with E-state index in [1.54, 1.807) is 0 Å². The first-order valence-electron chi connectivity index (χ1n) is 8.88. The van der Waals surface area contributed by atoms with Crippen molar-refractivity contribution >= 4 is 11.7 Å². The molecule has 0 aliphatic heterocycles. The Bertz CT molecular complexity index is 787. The van der Waals surface area contributed by atoms with Crippen molar-refractivity contribution in [3.63, 3.8) is 0 Å². The number of aromatic nitrogens is 2. The minimum Gasteiger partial charge on any atom is -0.349 e. The van der Waals surface area contributed by atoms with E-state index in [2.05, 4.69) is 42.5 Å². The third-order valence-corrected chi connectivity index (χ3v) is 4.67. The lowest BCUT2D eigenvalue weighted by Crippen LogP contribution is -2.31. The van der Waals surface area contributed by atoms with Gasteiger partial charge in [-0.25, -0.2) is 4.68 Å². The van der Waals surface area contributed by atoms with E-state index >= 15 is 0 Å². The highest BCUT2D eigenvalue weighted by Gasteiger charge is 2.26. The second kappa shape index (κ2) is 7.21. The molecule has 0 saturated heterocycles. The summed E-state index contributed by atoms with van der Waals surface area (Å²) in [4.78, 5) is 23.2. The number of Topliss-reactive ketones (excluding diaryl/α,β-unsaturated/α-hetero) is 1. The second-order valence-electron chi connectivity index (χ2n) is 7.02. The molecule has 1 amide bonds. The monoisotopic (exact) mass is 339 g/mol. The van der Waals surface area contributed by atoms with Gasteiger partial charge in [0.05, 0.1) is 17.9 Å². The van der Waals surface area contributed by atoms with Crippen molar-refractivity contribution in [2.45, 2.75) is 58.9 Å². The highest BCUT2D eigenvalue weighted by molar-refractivity contribution is 5.83. The summed E-state index contributed by atoms with van der Waals surface area (Å²) in [6, 6.07) is 6.41. The highest BCUT2D eigenvalue weighted by Crippen LogP contribution is 2.31. The van der Waals surface area contributed by atoms with Crippen LogP contribution >= 0.6 is 0 Å². The number of hydrogen-bond donors (Lipinski definition) is 1. The molecule has 1 N–H and O–H groups in total. The zero-order valence-electron chi connectivity index (χ0n) is 15.1. The molecule has 25 heavy (non-hydrogen) atoms. The van der Waals surface area contributed by atoms with Crippen LogP contribution in [0.5, 0.6) is 0 Å². The van der Waals surface area contributed by atoms with Crippen LogP contribution < -0.4 is 5.32 Å². The van der Waals surface area contributed by atoms with Gasteiger partial charge in [0.2, 0.25) is 5.91 Å². The Morgan fingerprint density at radius 3 is 2.60 bits per heavy atom. The molecule has 3 rings (SSSR count). The molecule has 0 spiro atoms. The SMILES string of the molecule is CC(=O)CCC(=O)N[C@H]1CCCc2c1cnn2-c1cc(C)cc(C)c1. The molecule has 1 aliphatic carbocycles. The molecule has 1 heterocycles. The number of fused-ring (bicyclic) bond motifs is 1. The number of ketones is 1. The molecule has 0 fully saturated rings. The van der Waals surface area contributed by atoms with E-state index < -0.39 is 0 Å². The molecular weight excluding hydrogens is 314 g/mol. The van der Waals surface area contributed by atoms with Gasteiger partial charge in [0, 0.05) is 24.1 Å². The Hall–Kier alpha value is -2.43. The van der Waals surface area contributed by atoms with Gasteiger partial charge in [0.25, 0.3) is 0 Å². The van der Waals surface area contributed by atoms with Gasteiger partial charge in [0.15, 0.2) is 0 Å². The van der Waals surface area contributed by atoms with Crippen LogP contribution in [0.1, 0.15) is 61.0 Å². The molecule has 1 atom stereocenters. The Morgan fingerprint density at radius 1 is 1.20 bits per heavy atom. The first-order valence-corrected chi connectivity index (χ1v) is 8.88. The molecule has 0 radical (unpaired) electrons. The van der Waals surface area contributed by atoms with Crippen LogP contribution in [0.15, 0.2) is 24.4 Å². The van der Waals surface area contributed by atoms with Crippen molar-refractivity contribution in [3.8, 4) is 5.69 Å². The van der Waals surface area contributed by atoms with Crippen molar-refractivity contribution in [1.82, 2.24) is 15.1 Å². The predicted molar refractivity (Wildman–Crippen MR) is 96.8 cm³/mol. The van der Waals surface area contributed by atoms with Gasteiger partial charge in [0.1, 0.15) is 5.78 Å². The molecule has 5 heteroatoms. The summed E-state index contributed by atoms with van der Waals surface area (Å²) < 4.78 is 2.00. The van der Waals surface area contributed by atoms with E-state index in [1.807, 2.05) is 10.9 Å². The van der Waals surface area contributed by atoms with Gasteiger partial charge >= 0.3 is 0 Å². The van der Waals surface area contributed by atoms with Crippen LogP contribution in [0, 0.1) is 13.8 Å². The van der Waals surface area contributed by atoms with E-state index in [1.165, 1.54) is 23.7 Å². The summed E-state index contributed by atoms with van der Waals surface area (Å²) in [5.74, 6) is -0.0191. The average molecular weight is 339 g/mol. The number of benzene rings is 1. The highest BCUT2D eigenvalue weighted by atomic mass is 16.2. The zero-order chi connectivity index (χ0) is 18.0. The van der Waals surface area contributed by atoms with E-state index in [-0.39, 0.29) is 24.2 Å². The van der Waals surface area contributed by atoms with E-state index in [0.717, 1.165) is 30.5 Å². The summed E-state index contributed by atoms with van der Waals surface area (Å²) in [7, 11) is 0. The Kier molecular flexibility index (Phi) is 5.02. The van der Waals surface area contributed by atoms with Crippen LogP contribution in [0.4, 0.5) is 0 Å². The van der Waals surface area contributed by atoms with Gasteiger partial charge in [-0.1, -0.05) is 6.07 Å². The van der Waals surface area contributed by atoms with Crippen molar-refractivity contribution in [1.29, 1.82) is 0 Å². The number of amides is 1. The van der Waals surface area contributed by atoms with Crippen LogP contribution in [-0.2, 0) is 16.0 Å². The average Bonchev–Trinajstić information content (AvgIpc) is 2.97. The van der Waals surface area contributed by atoms with Gasteiger partial charge in [-0.3, -0.25) is 4.79 Å². The van der Waals surface area contributed by atoms with Gasteiger partial charge in [-0.05, 0) is 63.3 Å². The first-order chi connectivity index (χ1) is 11.9. The van der Waals surface area contributed by atoms with Gasteiger partial charge < -0.3 is 10.1 Å². The molecule has 132 valence electrons. The van der Waals surface area contributed by atoms with Gasteiger partial charge in [-0.2, -0.15) is 5.10 Å². The lowest BCUT2D eigenvalue weighted by molar-refractivity contribution is -0.125. The number of carbonyl (C=O) groups is 2. The third kappa shape index (κ3) is 3.98. The number of aryl methyl sites for hydroxylation is 2. The van der Waals surface area contributed by atoms with Crippen LogP contribution in [0.3, 0.4) is 0 Å². The molecule has 5 nitrogen and oxygen atoms in total. The molecular formula is C20H25N3O2. The molecule has 2 aromatic rings. The maximum Gasteiger partial charge on any atom is 0.220 e. The fourth-order valence-electron chi connectivity index (χ4n) is 3.56. The lowest BCUT2D eigenvalue weighted by Gasteiger charge is -2.24. The second-order valence-corrected chi connectivity index (χ2v) is 7.02. The molecule has 1 aromatic carbocycles. The van der Waals surface area contributed by atoms with Crippen LogP contribution in [-0.4, -0.2) is 21.5 Å². The smallest absolute Gasteiger partial charge is 0.220 e. The third-order valence-electron chi connectivity index (χ3n) is 4.67. The Labute approximate surface area is 148 Å². The van der Waals surface area contributed by atoms with Crippen molar-refractivity contribution in [2.24, 2.45) is 0 Å². The van der Waals surface area contributed by atoms with E-state index in [4.69, 9.17) is 0 Å². The van der Waals surface area contributed by atoms with Crippen molar-refractivity contribution in [2.75, 3.05) is 0 Å². The number of rotatable bonds is 5. The number of nitrogens with one attached hydrogen (secondary N) is 1. The first kappa shape index (κ1) is 17.4. The Balaban J connectivity index is 1.82. The molecule has 1 aliphatic rings.